The summed E-state index contributed by atoms with van der Waals surface area (Å²) in [6.45, 7) is 0. The van der Waals surface area contributed by atoms with Crippen LogP contribution in [0, 0.1) is 0 Å². The van der Waals surface area contributed by atoms with Crippen molar-refractivity contribution in [3.63, 3.8) is 0 Å². The van der Waals surface area contributed by atoms with E-state index in [1.54, 1.807) is 0 Å². The van der Waals surface area contributed by atoms with Crippen LogP contribution in [0.1, 0.15) is 0 Å². The summed E-state index contributed by atoms with van der Waals surface area (Å²) in [4.78, 5) is 27.5. The summed E-state index contributed by atoms with van der Waals surface area (Å²) in [6, 6.07) is 78.6. The number of rotatable bonds is 6. The zero-order valence-electron chi connectivity index (χ0n) is 35.6. The third-order valence-corrected chi connectivity index (χ3v) is 12.8. The van der Waals surface area contributed by atoms with E-state index in [1.807, 2.05) is 48.5 Å². The van der Waals surface area contributed by atoms with Crippen molar-refractivity contribution < 1.29 is 0 Å². The third kappa shape index (κ3) is 6.36. The molecule has 0 aliphatic carbocycles. The van der Waals surface area contributed by atoms with Gasteiger partial charge in [0.1, 0.15) is 0 Å². The summed E-state index contributed by atoms with van der Waals surface area (Å²) in [5, 5.41) is 7.88. The molecule has 0 radical (unpaired) electrons. The molecule has 0 aliphatic rings. The van der Waals surface area contributed by atoms with Crippen LogP contribution < -0.4 is 0 Å². The van der Waals surface area contributed by atoms with Crippen LogP contribution >= 0.6 is 0 Å². The highest BCUT2D eigenvalue weighted by atomic mass is 14.8. The summed E-state index contributed by atoms with van der Waals surface area (Å²) in [5.74, 6) is 0. The molecular formula is C61H37N5. The van der Waals surface area contributed by atoms with Crippen LogP contribution in [0.2, 0.25) is 0 Å². The van der Waals surface area contributed by atoms with E-state index in [1.165, 1.54) is 5.39 Å². The molecule has 0 atom stereocenters. The summed E-state index contributed by atoms with van der Waals surface area (Å²) in [7, 11) is 0. The second-order valence-corrected chi connectivity index (χ2v) is 16.8. The van der Waals surface area contributed by atoms with Gasteiger partial charge in [-0.15, -0.1) is 0 Å². The normalized spacial score (nSPS) is 11.6. The molecule has 0 aliphatic heterocycles. The molecule has 0 spiro atoms. The van der Waals surface area contributed by atoms with Gasteiger partial charge in [0.2, 0.25) is 0 Å². The molecule has 3 heterocycles. The highest BCUT2D eigenvalue weighted by molar-refractivity contribution is 6.06. The standard InChI is InChI=1S/C61H37N5/c1-5-23-45-38(16-1)20-13-26-48(45)51-37-41-19-4-8-29-52(41)62-57(51)42-34-43(58-60(65-55-32-11-9-30-53(55)63-58)49-27-14-21-39-17-2-6-24-46(39)49)36-44(35-42)59-61(66-56-33-12-10-31-54(56)64-59)50-28-15-22-40-18-3-7-25-47(40)50/h1-37H. The molecule has 0 N–H and O–H groups in total. The molecule has 0 fully saturated rings. The Balaban J connectivity index is 1.17. The van der Waals surface area contributed by atoms with Crippen LogP contribution in [0.15, 0.2) is 224 Å². The first kappa shape index (κ1) is 37.6. The maximum absolute atomic E-state index is 5.57. The van der Waals surface area contributed by atoms with Crippen molar-refractivity contribution in [2.75, 3.05) is 0 Å². The predicted octanol–water partition coefficient (Wildman–Crippen LogP) is 15.6. The fourth-order valence-corrected chi connectivity index (χ4v) is 9.68. The number of pyridine rings is 1. The minimum Gasteiger partial charge on any atom is -0.247 e. The smallest absolute Gasteiger partial charge is 0.0979 e. The van der Waals surface area contributed by atoms with Crippen molar-refractivity contribution in [3.8, 4) is 67.4 Å². The van der Waals surface area contributed by atoms with Gasteiger partial charge in [0, 0.05) is 38.8 Å². The lowest BCUT2D eigenvalue weighted by Crippen LogP contribution is -2.00. The SMILES string of the molecule is c1ccc2nc(-c3cc(-c4nc5ccccc5nc4-c4cccc5ccccc45)cc(-c4nc5ccccc5nc4-c4cccc5ccccc45)c3)c(-c3cccc4ccccc34)cc2c1. The quantitative estimate of drug-likeness (QED) is 0.167. The Kier molecular flexibility index (Phi) is 8.78. The fraction of sp³-hybridized carbons (Fsp3) is 0. The van der Waals surface area contributed by atoms with E-state index < -0.39 is 0 Å². The molecule has 0 bridgehead atoms. The molecule has 13 rings (SSSR count). The molecule has 3 aromatic heterocycles. The Morgan fingerprint density at radius 3 is 0.985 bits per heavy atom. The molecule has 10 aromatic carbocycles. The van der Waals surface area contributed by atoms with Crippen LogP contribution in [0.4, 0.5) is 0 Å². The number of hydrogen-bond acceptors (Lipinski definition) is 5. The second-order valence-electron chi connectivity index (χ2n) is 16.8. The maximum atomic E-state index is 5.57. The highest BCUT2D eigenvalue weighted by Crippen LogP contribution is 2.44. The van der Waals surface area contributed by atoms with E-state index in [2.05, 4.69) is 176 Å². The zero-order chi connectivity index (χ0) is 43.6. The summed E-state index contributed by atoms with van der Waals surface area (Å²) in [6.07, 6.45) is 0. The molecule has 5 heteroatoms. The minimum atomic E-state index is 0.765. The van der Waals surface area contributed by atoms with Gasteiger partial charge in [0.05, 0.1) is 56.1 Å². The summed E-state index contributed by atoms with van der Waals surface area (Å²) in [5.41, 5.74) is 15.0. The first-order chi connectivity index (χ1) is 32.7. The summed E-state index contributed by atoms with van der Waals surface area (Å²) < 4.78 is 0. The Bertz CT molecular complexity index is 3630. The molecule has 66 heavy (non-hydrogen) atoms. The van der Waals surface area contributed by atoms with Gasteiger partial charge >= 0.3 is 0 Å². The number of benzene rings is 10. The van der Waals surface area contributed by atoms with Crippen LogP contribution in [0.25, 0.3) is 133 Å². The van der Waals surface area contributed by atoms with E-state index >= 15 is 0 Å². The van der Waals surface area contributed by atoms with Crippen molar-refractivity contribution in [1.29, 1.82) is 0 Å². The van der Waals surface area contributed by atoms with E-state index in [9.17, 15) is 0 Å². The van der Waals surface area contributed by atoms with Crippen molar-refractivity contribution in [3.05, 3.63) is 224 Å². The molecule has 13 aromatic rings. The van der Waals surface area contributed by atoms with Gasteiger partial charge in [-0.1, -0.05) is 170 Å². The highest BCUT2D eigenvalue weighted by Gasteiger charge is 2.23. The van der Waals surface area contributed by atoms with Crippen molar-refractivity contribution >= 4 is 65.3 Å². The Labute approximate surface area is 380 Å². The molecule has 5 nitrogen and oxygen atoms in total. The topological polar surface area (TPSA) is 64.5 Å². The van der Waals surface area contributed by atoms with E-state index in [0.29, 0.717) is 0 Å². The van der Waals surface area contributed by atoms with E-state index in [-0.39, 0.29) is 0 Å². The number of nitrogens with zero attached hydrogens (tertiary/aromatic N) is 5. The molecule has 306 valence electrons. The number of fused-ring (bicyclic) bond motifs is 6. The van der Waals surface area contributed by atoms with Gasteiger partial charge < -0.3 is 0 Å². The molecule has 0 saturated heterocycles. The Hall–Kier alpha value is -8.93. The second kappa shape index (κ2) is 15.4. The fourth-order valence-electron chi connectivity index (χ4n) is 9.68. The Morgan fingerprint density at radius 2 is 0.515 bits per heavy atom. The molecule has 0 unspecified atom stereocenters. The number of para-hydroxylation sites is 5. The van der Waals surface area contributed by atoms with Crippen molar-refractivity contribution in [2.45, 2.75) is 0 Å². The van der Waals surface area contributed by atoms with Gasteiger partial charge in [-0.2, -0.15) is 0 Å². The lowest BCUT2D eigenvalue weighted by Gasteiger charge is -2.18. The first-order valence-electron chi connectivity index (χ1n) is 22.2. The van der Waals surface area contributed by atoms with Gasteiger partial charge in [0.25, 0.3) is 0 Å². The van der Waals surface area contributed by atoms with E-state index in [4.69, 9.17) is 24.9 Å². The molecular weight excluding hydrogens is 803 g/mol. The number of aromatic nitrogens is 5. The van der Waals surface area contributed by atoms with E-state index in [0.717, 1.165) is 127 Å². The van der Waals surface area contributed by atoms with Gasteiger partial charge in [0.15, 0.2) is 0 Å². The third-order valence-electron chi connectivity index (χ3n) is 12.8. The largest absolute Gasteiger partial charge is 0.247 e. The van der Waals surface area contributed by atoms with Crippen LogP contribution in [0.5, 0.6) is 0 Å². The van der Waals surface area contributed by atoms with Crippen LogP contribution in [-0.2, 0) is 0 Å². The predicted molar refractivity (Wildman–Crippen MR) is 273 cm³/mol. The van der Waals surface area contributed by atoms with Crippen LogP contribution in [0.3, 0.4) is 0 Å². The van der Waals surface area contributed by atoms with Gasteiger partial charge in [-0.3, -0.25) is 0 Å². The molecule has 0 amide bonds. The number of hydrogen-bond donors (Lipinski definition) is 0. The Morgan fingerprint density at radius 1 is 0.197 bits per heavy atom. The lowest BCUT2D eigenvalue weighted by atomic mass is 9.90. The summed E-state index contributed by atoms with van der Waals surface area (Å²) >= 11 is 0. The monoisotopic (exact) mass is 839 g/mol. The van der Waals surface area contributed by atoms with Crippen molar-refractivity contribution in [1.82, 2.24) is 24.9 Å². The van der Waals surface area contributed by atoms with Crippen molar-refractivity contribution in [2.24, 2.45) is 0 Å². The average Bonchev–Trinajstić information content (AvgIpc) is 3.39. The van der Waals surface area contributed by atoms with Gasteiger partial charge in [-0.05, 0) is 92.5 Å². The maximum Gasteiger partial charge on any atom is 0.0979 e. The minimum absolute atomic E-state index is 0.765. The lowest BCUT2D eigenvalue weighted by molar-refractivity contribution is 1.28. The zero-order valence-corrected chi connectivity index (χ0v) is 35.6. The van der Waals surface area contributed by atoms with Gasteiger partial charge in [-0.25, -0.2) is 24.9 Å². The van der Waals surface area contributed by atoms with Crippen LogP contribution in [-0.4, -0.2) is 24.9 Å². The average molecular weight is 840 g/mol. The molecule has 0 saturated carbocycles. The first-order valence-corrected chi connectivity index (χ1v) is 22.2.